The Balaban J connectivity index is 2.25. The van der Waals surface area contributed by atoms with Gasteiger partial charge in [0.05, 0.1) is 6.10 Å². The molecule has 1 saturated heterocycles. The molecule has 0 bridgehead atoms. The second-order valence-electron chi connectivity index (χ2n) is 4.93. The first-order valence-electron chi connectivity index (χ1n) is 6.52. The Hall–Kier alpha value is -1.75. The van der Waals surface area contributed by atoms with Crippen LogP contribution in [0, 0.1) is 6.92 Å². The number of ether oxygens (including phenoxy) is 1. The Bertz CT molecular complexity index is 466. The third-order valence-electron chi connectivity index (χ3n) is 3.65. The van der Waals surface area contributed by atoms with Crippen molar-refractivity contribution < 1.29 is 9.94 Å². The number of hydrogen-bond donors (Lipinski definition) is 2. The van der Waals surface area contributed by atoms with Crippen LogP contribution in [0.3, 0.4) is 0 Å². The molecule has 0 amide bonds. The standard InChI is InChI=1S/C14H21N3O2/c1-10-3-4-13(12(9-10)14(15)16-18)17-7-5-11(19-2)6-8-17/h3-4,9,11,18H,5-8H2,1-2H3,(H2,15,16). The van der Waals surface area contributed by atoms with E-state index in [0.717, 1.165) is 42.7 Å². The topological polar surface area (TPSA) is 71.1 Å². The molecule has 19 heavy (non-hydrogen) atoms. The molecule has 0 aliphatic carbocycles. The first kappa shape index (κ1) is 13.7. The predicted octanol–water partition coefficient (Wildman–Crippen LogP) is 1.70. The summed E-state index contributed by atoms with van der Waals surface area (Å²) in [5.41, 5.74) is 8.68. The van der Waals surface area contributed by atoms with E-state index in [4.69, 9.17) is 15.7 Å². The van der Waals surface area contributed by atoms with Crippen LogP contribution < -0.4 is 10.6 Å². The minimum atomic E-state index is 0.160. The number of piperidine rings is 1. The van der Waals surface area contributed by atoms with Crippen LogP contribution in [0.25, 0.3) is 0 Å². The molecule has 0 aromatic heterocycles. The Morgan fingerprint density at radius 1 is 1.42 bits per heavy atom. The average Bonchev–Trinajstić information content (AvgIpc) is 2.46. The van der Waals surface area contributed by atoms with Gasteiger partial charge in [-0.1, -0.05) is 16.8 Å². The number of amidine groups is 1. The average molecular weight is 263 g/mol. The van der Waals surface area contributed by atoms with E-state index in [1.54, 1.807) is 7.11 Å². The lowest BCUT2D eigenvalue weighted by Crippen LogP contribution is -2.37. The summed E-state index contributed by atoms with van der Waals surface area (Å²) in [6, 6.07) is 6.04. The van der Waals surface area contributed by atoms with E-state index < -0.39 is 0 Å². The molecule has 1 aliphatic heterocycles. The molecule has 2 rings (SSSR count). The first-order valence-corrected chi connectivity index (χ1v) is 6.52. The highest BCUT2D eigenvalue weighted by molar-refractivity contribution is 6.02. The lowest BCUT2D eigenvalue weighted by Gasteiger charge is -2.34. The number of benzene rings is 1. The third kappa shape index (κ3) is 2.98. The van der Waals surface area contributed by atoms with Crippen LogP contribution >= 0.6 is 0 Å². The maximum Gasteiger partial charge on any atom is 0.172 e. The van der Waals surface area contributed by atoms with Crippen LogP contribution in [0.5, 0.6) is 0 Å². The van der Waals surface area contributed by atoms with Gasteiger partial charge in [-0.2, -0.15) is 0 Å². The van der Waals surface area contributed by atoms with Gasteiger partial charge < -0.3 is 20.6 Å². The maximum atomic E-state index is 8.91. The van der Waals surface area contributed by atoms with Gasteiger partial charge >= 0.3 is 0 Å². The fourth-order valence-corrected chi connectivity index (χ4v) is 2.52. The Morgan fingerprint density at radius 3 is 2.68 bits per heavy atom. The van der Waals surface area contributed by atoms with E-state index in [0.29, 0.717) is 6.10 Å². The van der Waals surface area contributed by atoms with E-state index in [1.165, 1.54) is 0 Å². The van der Waals surface area contributed by atoms with E-state index in [9.17, 15) is 0 Å². The highest BCUT2D eigenvalue weighted by Crippen LogP contribution is 2.26. The summed E-state index contributed by atoms with van der Waals surface area (Å²) in [6.07, 6.45) is 2.34. The molecule has 104 valence electrons. The molecule has 0 unspecified atom stereocenters. The Kier molecular flexibility index (Phi) is 4.27. The largest absolute Gasteiger partial charge is 0.409 e. The molecule has 1 aromatic carbocycles. The van der Waals surface area contributed by atoms with Gasteiger partial charge in [0.15, 0.2) is 5.84 Å². The quantitative estimate of drug-likeness (QED) is 0.377. The molecular weight excluding hydrogens is 242 g/mol. The van der Waals surface area contributed by atoms with Crippen molar-refractivity contribution in [3.63, 3.8) is 0 Å². The number of nitrogens with zero attached hydrogens (tertiary/aromatic N) is 2. The molecular formula is C14H21N3O2. The van der Waals surface area contributed by atoms with Crippen LogP contribution in [0.4, 0.5) is 5.69 Å². The van der Waals surface area contributed by atoms with E-state index >= 15 is 0 Å². The summed E-state index contributed by atoms with van der Waals surface area (Å²) < 4.78 is 5.38. The summed E-state index contributed by atoms with van der Waals surface area (Å²) in [5.74, 6) is 0.160. The number of rotatable bonds is 3. The van der Waals surface area contributed by atoms with Gasteiger partial charge in [-0.25, -0.2) is 0 Å². The lowest BCUT2D eigenvalue weighted by molar-refractivity contribution is 0.0819. The number of aryl methyl sites for hydroxylation is 1. The second kappa shape index (κ2) is 5.93. The van der Waals surface area contributed by atoms with Gasteiger partial charge in [0, 0.05) is 31.5 Å². The van der Waals surface area contributed by atoms with Crippen LogP contribution in [0.1, 0.15) is 24.0 Å². The minimum absolute atomic E-state index is 0.160. The number of oxime groups is 1. The molecule has 1 aromatic rings. The second-order valence-corrected chi connectivity index (χ2v) is 4.93. The summed E-state index contributed by atoms with van der Waals surface area (Å²) in [5, 5.41) is 12.0. The molecule has 0 radical (unpaired) electrons. The molecule has 5 nitrogen and oxygen atoms in total. The minimum Gasteiger partial charge on any atom is -0.409 e. The van der Waals surface area contributed by atoms with Crippen LogP contribution in [-0.2, 0) is 4.74 Å². The number of nitrogens with two attached hydrogens (primary N) is 1. The lowest BCUT2D eigenvalue weighted by atomic mass is 10.0. The Labute approximate surface area is 113 Å². The van der Waals surface area contributed by atoms with Gasteiger partial charge in [-0.15, -0.1) is 0 Å². The van der Waals surface area contributed by atoms with Gasteiger partial charge in [-0.05, 0) is 31.9 Å². The van der Waals surface area contributed by atoms with Crippen LogP contribution in [-0.4, -0.2) is 37.3 Å². The van der Waals surface area contributed by atoms with E-state index in [2.05, 4.69) is 10.1 Å². The molecule has 1 fully saturated rings. The van der Waals surface area contributed by atoms with Crippen LogP contribution in [0.2, 0.25) is 0 Å². The first-order chi connectivity index (χ1) is 9.15. The summed E-state index contributed by atoms with van der Waals surface area (Å²) in [6.45, 7) is 3.84. The molecule has 1 aliphatic rings. The Morgan fingerprint density at radius 2 is 2.11 bits per heavy atom. The molecule has 1 heterocycles. The fraction of sp³-hybridized carbons (Fsp3) is 0.500. The monoisotopic (exact) mass is 263 g/mol. The van der Waals surface area contributed by atoms with Gasteiger partial charge in [-0.3, -0.25) is 0 Å². The number of methoxy groups -OCH3 is 1. The smallest absolute Gasteiger partial charge is 0.172 e. The molecule has 3 N–H and O–H groups in total. The van der Waals surface area contributed by atoms with Crippen molar-refractivity contribution in [3.8, 4) is 0 Å². The van der Waals surface area contributed by atoms with Crippen molar-refractivity contribution in [1.82, 2.24) is 0 Å². The summed E-state index contributed by atoms with van der Waals surface area (Å²) >= 11 is 0. The highest BCUT2D eigenvalue weighted by Gasteiger charge is 2.21. The third-order valence-corrected chi connectivity index (χ3v) is 3.65. The molecule has 5 heteroatoms. The fourth-order valence-electron chi connectivity index (χ4n) is 2.52. The van der Waals surface area contributed by atoms with E-state index in [-0.39, 0.29) is 5.84 Å². The normalized spacial score (nSPS) is 17.8. The molecule has 0 spiro atoms. The predicted molar refractivity (Wildman–Crippen MR) is 75.9 cm³/mol. The zero-order valence-corrected chi connectivity index (χ0v) is 11.5. The molecule has 0 saturated carbocycles. The number of hydrogen-bond acceptors (Lipinski definition) is 4. The van der Waals surface area contributed by atoms with Crippen molar-refractivity contribution in [2.45, 2.75) is 25.9 Å². The van der Waals surface area contributed by atoms with E-state index in [1.807, 2.05) is 25.1 Å². The zero-order chi connectivity index (χ0) is 13.8. The summed E-state index contributed by atoms with van der Waals surface area (Å²) in [4.78, 5) is 2.27. The van der Waals surface area contributed by atoms with Crippen molar-refractivity contribution in [2.75, 3.05) is 25.1 Å². The van der Waals surface area contributed by atoms with Crippen molar-refractivity contribution in [1.29, 1.82) is 0 Å². The maximum absolute atomic E-state index is 8.91. The highest BCUT2D eigenvalue weighted by atomic mass is 16.5. The number of anilines is 1. The SMILES string of the molecule is COC1CCN(c2ccc(C)cc2/C(N)=N/O)CC1. The van der Waals surface area contributed by atoms with Crippen molar-refractivity contribution in [3.05, 3.63) is 29.3 Å². The van der Waals surface area contributed by atoms with Gasteiger partial charge in [0.2, 0.25) is 0 Å². The zero-order valence-electron chi connectivity index (χ0n) is 11.5. The van der Waals surface area contributed by atoms with Gasteiger partial charge in [0.1, 0.15) is 0 Å². The van der Waals surface area contributed by atoms with Crippen LogP contribution in [0.15, 0.2) is 23.4 Å². The van der Waals surface area contributed by atoms with Gasteiger partial charge in [0.25, 0.3) is 0 Å². The van der Waals surface area contributed by atoms with Crippen molar-refractivity contribution in [2.24, 2.45) is 10.9 Å². The van der Waals surface area contributed by atoms with Crippen molar-refractivity contribution >= 4 is 11.5 Å². The summed E-state index contributed by atoms with van der Waals surface area (Å²) in [7, 11) is 1.76. The molecule has 0 atom stereocenters.